The van der Waals surface area contributed by atoms with Crippen molar-refractivity contribution in [3.05, 3.63) is 0 Å². The smallest absolute Gasteiger partial charge is 0.217 e. The maximum absolute atomic E-state index is 13.6. The van der Waals surface area contributed by atoms with Crippen LogP contribution in [0.5, 0.6) is 0 Å². The van der Waals surface area contributed by atoms with Crippen LogP contribution in [-0.2, 0) is 133 Å². The van der Waals surface area contributed by atoms with Crippen LogP contribution >= 0.6 is 0 Å². The molecule has 31 N–H and O–H groups in total. The highest BCUT2D eigenvalue weighted by Gasteiger charge is 2.63. The molecule has 54 atom stereocenters. The Morgan fingerprint density at radius 3 is 0.956 bits per heavy atom. The van der Waals surface area contributed by atoms with Gasteiger partial charge < -0.3 is 273 Å². The van der Waals surface area contributed by atoms with Gasteiger partial charge in [0.15, 0.2) is 69.2 Å². The molecule has 11 fully saturated rings. The minimum absolute atomic E-state index is 0.806. The lowest BCUT2D eigenvalue weighted by Gasteiger charge is -2.52. The van der Waals surface area contributed by atoms with Crippen molar-refractivity contribution in [2.24, 2.45) is 0 Å². The van der Waals surface area contributed by atoms with Crippen LogP contribution < -0.4 is 21.3 Å². The summed E-state index contributed by atoms with van der Waals surface area (Å²) in [5.74, 6) is -3.84. The van der Waals surface area contributed by atoms with Crippen molar-refractivity contribution in [3.63, 3.8) is 0 Å². The third-order valence-electron chi connectivity index (χ3n) is 24.9. The van der Waals surface area contributed by atoms with Gasteiger partial charge in [0.1, 0.15) is 262 Å². The SMILES string of the molecule is CO[C@H]1[C@@H](O)[C@@H](CO)O[C@@H](OC[C@H]2O[C@@H](O[C@H]3[C@@H](O)[C@@H](CO[C@@H]4O[C@H](CO)[C@H](O)[C@H](OC)[C@H]4O)O[C@@H](O[C@H]4[C@H](O)[C@@H](NC(C)=O)[C@H](O[C@@H]5[C@@H](O[C@H]6[C@H](O)[C@@H](CO[C@H]7O[C@H](CO)[C@@H](O)[C@H](O)[C@@H]7O)O[C@@H](O[C@H]7[C@H](O)[C@@H](NC(C)=O)[C@H](O[C@H]8[C@H](O)[C@@H](NC(C)=O)C(O)O[C@@H]8CO)O[C@@H]7CO)[C@H]6O[C@@H]6OC[C@@H](O)[C@H](O)[C@H]6O)O[C@H](CO)[C@@H](O)[C@@H]5O)O[C@@H]4CO)[C@@H]3NC(C)=O)[C@H](O)[C@@H](OC)[C@H]2O)[C@@H]1O. The summed E-state index contributed by atoms with van der Waals surface area (Å²) in [5.41, 5.74) is 0. The fraction of sp³-hybridized carbons (Fsp3) is 0.947. The predicted molar refractivity (Wildman–Crippen MR) is 417 cm³/mol. The molecule has 11 aliphatic rings. The zero-order chi connectivity index (χ0) is 99.1. The molecule has 59 nitrogen and oxygen atoms in total. The molecular weight excluding hydrogens is 1850 g/mol. The molecule has 11 rings (SSSR count). The van der Waals surface area contributed by atoms with E-state index in [4.69, 9.17) is 114 Å². The first-order valence-corrected chi connectivity index (χ1v) is 43.2. The molecule has 0 aromatic heterocycles. The summed E-state index contributed by atoms with van der Waals surface area (Å²) in [5, 5.41) is 316. The molecule has 0 bridgehead atoms. The van der Waals surface area contributed by atoms with Crippen molar-refractivity contribution in [3.8, 4) is 0 Å². The zero-order valence-electron chi connectivity index (χ0n) is 73.5. The Labute approximate surface area is 766 Å². The minimum atomic E-state index is -2.56. The number of aliphatic hydroxyl groups excluding tert-OH is 27. The second-order valence-electron chi connectivity index (χ2n) is 34.0. The lowest BCUT2D eigenvalue weighted by molar-refractivity contribution is -0.411. The van der Waals surface area contributed by atoms with Gasteiger partial charge in [-0.05, 0) is 0 Å². The second-order valence-corrected chi connectivity index (χ2v) is 34.0. The number of methoxy groups -OCH3 is 3. The monoisotopic (exact) mass is 1980 g/mol. The van der Waals surface area contributed by atoms with Crippen molar-refractivity contribution >= 4 is 23.6 Å². The number of ether oxygens (including phenoxy) is 24. The molecule has 11 heterocycles. The Morgan fingerprint density at radius 1 is 0.237 bits per heavy atom. The molecule has 4 amide bonds. The first-order chi connectivity index (χ1) is 64.1. The van der Waals surface area contributed by atoms with Crippen LogP contribution in [-0.4, -0.2) is 587 Å². The Hall–Kier alpha value is -4.16. The third-order valence-corrected chi connectivity index (χ3v) is 24.9. The standard InChI is InChI=1S/C76H128N4O55/c1-19(88)77-34-46(101)56(28(12-85)119-66(34)111)129-67-35(78-20(2)89)48(103)58(30(14-87)124-67)131-76-65(135-71-51(106)38(93)23(92)15-115-71)63(45(100)33(128-76)18-116-70-52(107)49(104)39(94)24(8-81)120-70)133-75-64(50(105)40(95)25(9-82)123-75)134-68-36(79-21(3)90)47(102)57(29(13-86)125-68)130-69-37(80-22(4)91)59(43(98)31(126-69)16-117-72-53(108)60(112-5)41(96)26(10-83)121-72)132-74-55(110)62(114-7)44(99)32(127-74)17-118-73-54(109)61(113-6)42(97)27(11-84)122-73/h23-76,81-87,92-111H,8-18H2,1-7H3,(H,77,88)(H,78,89)(H,79,90)(H,80,91)/t23-,24-,25-,26-,27-,28-,29-,30-,31-,32-,33-,34-,35-,36-,37-,38+,39-,40-,41+,42+,43+,44+,45-,46-,47-,48-,49+,50+,51-,52+,53-,54-,55-,56-,57-,58-,59-,60+,61+,62+,63+,64+,65+,66?,67+,68+,69+,70+,71+,72-,73-,74+,75-,76+/m1/s1. The van der Waals surface area contributed by atoms with Crippen molar-refractivity contribution in [1.29, 1.82) is 0 Å². The molecule has 0 aromatic carbocycles. The van der Waals surface area contributed by atoms with Crippen molar-refractivity contribution in [2.75, 3.05) is 94.0 Å². The Morgan fingerprint density at radius 2 is 0.519 bits per heavy atom. The highest BCUT2D eigenvalue weighted by molar-refractivity contribution is 5.74. The Balaban J connectivity index is 0.943. The van der Waals surface area contributed by atoms with E-state index in [9.17, 15) is 157 Å². The lowest BCUT2D eigenvalue weighted by atomic mass is 9.93. The van der Waals surface area contributed by atoms with Gasteiger partial charge in [0.25, 0.3) is 0 Å². The maximum Gasteiger partial charge on any atom is 0.217 e. The molecule has 0 aromatic rings. The lowest BCUT2D eigenvalue weighted by Crippen LogP contribution is -2.72. The van der Waals surface area contributed by atoms with Gasteiger partial charge in [-0.15, -0.1) is 0 Å². The van der Waals surface area contributed by atoms with E-state index in [1.54, 1.807) is 0 Å². The largest absolute Gasteiger partial charge is 0.394 e. The van der Waals surface area contributed by atoms with Gasteiger partial charge in [-0.1, -0.05) is 0 Å². The van der Waals surface area contributed by atoms with E-state index in [0.717, 1.165) is 49.0 Å². The quantitative estimate of drug-likeness (QED) is 0.0275. The average molecular weight is 1980 g/mol. The van der Waals surface area contributed by atoms with Gasteiger partial charge in [0.05, 0.1) is 72.7 Å². The number of amides is 4. The van der Waals surface area contributed by atoms with Crippen LogP contribution in [0.3, 0.4) is 0 Å². The summed E-state index contributed by atoms with van der Waals surface area (Å²) in [4.78, 5) is 52.7. The number of carbonyl (C=O) groups excluding carboxylic acids is 4. The normalized spacial score (nSPS) is 49.0. The number of nitrogens with one attached hydrogen (secondary N) is 4. The van der Waals surface area contributed by atoms with Crippen molar-refractivity contribution in [2.45, 2.75) is 359 Å². The Bertz CT molecular complexity index is 3650. The summed E-state index contributed by atoms with van der Waals surface area (Å²) in [6, 6.07) is -7.86. The highest BCUT2D eigenvalue weighted by Crippen LogP contribution is 2.42. The van der Waals surface area contributed by atoms with Gasteiger partial charge in [0.2, 0.25) is 23.6 Å². The number of rotatable bonds is 37. The molecule has 0 radical (unpaired) electrons. The summed E-state index contributed by atoms with van der Waals surface area (Å²) in [6.45, 7) is -7.65. The fourth-order valence-electron chi connectivity index (χ4n) is 17.7. The maximum atomic E-state index is 13.6. The summed E-state index contributed by atoms with van der Waals surface area (Å²) in [7, 11) is 3.26. The van der Waals surface area contributed by atoms with E-state index >= 15 is 0 Å². The molecule has 0 spiro atoms. The number of hydrogen-bond acceptors (Lipinski definition) is 55. The summed E-state index contributed by atoms with van der Waals surface area (Å²) in [6.07, 6.45) is -103. The van der Waals surface area contributed by atoms with Gasteiger partial charge >= 0.3 is 0 Å². The van der Waals surface area contributed by atoms with E-state index in [2.05, 4.69) is 21.3 Å². The molecule has 59 heteroatoms. The van der Waals surface area contributed by atoms with Crippen LogP contribution in [0.2, 0.25) is 0 Å². The van der Waals surface area contributed by atoms with Crippen LogP contribution in [0.25, 0.3) is 0 Å². The first kappa shape index (κ1) is 111. The van der Waals surface area contributed by atoms with Gasteiger partial charge in [0, 0.05) is 49.0 Å². The predicted octanol–water partition coefficient (Wildman–Crippen LogP) is -21.8. The van der Waals surface area contributed by atoms with E-state index in [1.165, 1.54) is 0 Å². The molecule has 1 unspecified atom stereocenters. The Kier molecular flexibility index (Phi) is 40.7. The van der Waals surface area contributed by atoms with Crippen LogP contribution in [0.4, 0.5) is 0 Å². The van der Waals surface area contributed by atoms with E-state index in [1.807, 2.05) is 0 Å². The highest BCUT2D eigenvalue weighted by atomic mass is 16.8. The molecule has 11 saturated heterocycles. The molecule has 0 aliphatic carbocycles. The zero-order valence-corrected chi connectivity index (χ0v) is 73.5. The van der Waals surface area contributed by atoms with Crippen LogP contribution in [0.15, 0.2) is 0 Å². The fourth-order valence-corrected chi connectivity index (χ4v) is 17.7. The van der Waals surface area contributed by atoms with Crippen LogP contribution in [0, 0.1) is 0 Å². The summed E-state index contributed by atoms with van der Waals surface area (Å²) < 4.78 is 144. The number of aliphatic hydroxyl groups is 27. The first-order valence-electron chi connectivity index (χ1n) is 43.2. The second kappa shape index (κ2) is 49.4. The average Bonchev–Trinajstić information content (AvgIpc) is 0.760. The number of carbonyl (C=O) groups is 4. The molecule has 135 heavy (non-hydrogen) atoms. The molecule has 0 saturated carbocycles. The van der Waals surface area contributed by atoms with Crippen LogP contribution in [0.1, 0.15) is 27.7 Å². The van der Waals surface area contributed by atoms with Crippen molar-refractivity contribution < 1.29 is 271 Å². The molecular formula is C76H128N4O55. The number of hydrogen-bond donors (Lipinski definition) is 31. The third kappa shape index (κ3) is 24.9. The van der Waals surface area contributed by atoms with E-state index in [-0.39, 0.29) is 0 Å². The van der Waals surface area contributed by atoms with E-state index in [0.29, 0.717) is 0 Å². The minimum Gasteiger partial charge on any atom is -0.394 e. The van der Waals surface area contributed by atoms with E-state index < -0.39 is 428 Å². The van der Waals surface area contributed by atoms with Gasteiger partial charge in [-0.3, -0.25) is 19.2 Å². The molecule has 782 valence electrons. The van der Waals surface area contributed by atoms with Gasteiger partial charge in [-0.25, -0.2) is 0 Å². The topological polar surface area (TPSA) is 884 Å². The van der Waals surface area contributed by atoms with Crippen molar-refractivity contribution in [1.82, 2.24) is 21.3 Å². The molecule has 11 aliphatic heterocycles. The van der Waals surface area contributed by atoms with Gasteiger partial charge in [-0.2, -0.15) is 0 Å². The summed E-state index contributed by atoms with van der Waals surface area (Å²) >= 11 is 0.